The molecule has 172 valence electrons. The molecule has 1 N–H and O–H groups in total. The van der Waals surface area contributed by atoms with Crippen molar-refractivity contribution in [1.82, 2.24) is 29.8 Å². The predicted octanol–water partition coefficient (Wildman–Crippen LogP) is 3.00. The molecule has 5 rings (SSSR count). The molecular formula is C23H27FN8O. The van der Waals surface area contributed by atoms with Gasteiger partial charge in [0.2, 0.25) is 5.65 Å². The van der Waals surface area contributed by atoms with E-state index in [9.17, 15) is 4.39 Å². The van der Waals surface area contributed by atoms with Gasteiger partial charge in [0.1, 0.15) is 17.2 Å². The number of hydrogen-bond donors (Lipinski definition) is 1. The second kappa shape index (κ2) is 8.51. The van der Waals surface area contributed by atoms with Crippen LogP contribution in [0.4, 0.5) is 15.9 Å². The van der Waals surface area contributed by atoms with Gasteiger partial charge in [0.05, 0.1) is 37.0 Å². The molecule has 1 aliphatic heterocycles. The van der Waals surface area contributed by atoms with E-state index < -0.39 is 0 Å². The number of fused-ring (bicyclic) bond motifs is 3. The van der Waals surface area contributed by atoms with Crippen molar-refractivity contribution in [3.8, 4) is 0 Å². The van der Waals surface area contributed by atoms with Crippen LogP contribution >= 0.6 is 0 Å². The Morgan fingerprint density at radius 3 is 2.64 bits per heavy atom. The molecule has 0 radical (unpaired) electrons. The second-order valence-corrected chi connectivity index (χ2v) is 9.18. The Balaban J connectivity index is 1.55. The fraction of sp³-hybridized carbons (Fsp3) is 0.435. The lowest BCUT2D eigenvalue weighted by molar-refractivity contribution is 0.122. The number of hydrogen-bond acceptors (Lipinski definition) is 8. The molecule has 0 spiro atoms. The molecule has 1 aliphatic rings. The zero-order chi connectivity index (χ0) is 23.0. The van der Waals surface area contributed by atoms with Gasteiger partial charge >= 0.3 is 0 Å². The van der Waals surface area contributed by atoms with E-state index in [1.807, 2.05) is 10.7 Å². The van der Waals surface area contributed by atoms with Gasteiger partial charge in [-0.3, -0.25) is 0 Å². The largest absolute Gasteiger partial charge is 0.378 e. The first-order valence-corrected chi connectivity index (χ1v) is 11.1. The van der Waals surface area contributed by atoms with Crippen LogP contribution in [-0.2, 0) is 16.6 Å². The van der Waals surface area contributed by atoms with Gasteiger partial charge in [-0.05, 0) is 18.2 Å². The van der Waals surface area contributed by atoms with Crippen molar-refractivity contribution in [3.63, 3.8) is 0 Å². The van der Waals surface area contributed by atoms with Crippen LogP contribution in [0, 0.1) is 5.82 Å². The summed E-state index contributed by atoms with van der Waals surface area (Å²) in [6, 6.07) is 5.15. The minimum Gasteiger partial charge on any atom is -0.378 e. The Labute approximate surface area is 191 Å². The molecule has 9 nitrogen and oxygen atoms in total. The van der Waals surface area contributed by atoms with Crippen LogP contribution in [0.25, 0.3) is 16.6 Å². The number of rotatable bonds is 5. The molecule has 0 aromatic carbocycles. The SMILES string of the molecule is CC(C)(C)c1nnc2c3ncc(N4CCOCC4)cc3c(CCNc3ccc(F)cn3)nn12. The highest BCUT2D eigenvalue weighted by atomic mass is 19.1. The molecular weight excluding hydrogens is 423 g/mol. The molecule has 1 saturated heterocycles. The lowest BCUT2D eigenvalue weighted by atomic mass is 9.96. The van der Waals surface area contributed by atoms with Gasteiger partial charge in [-0.25, -0.2) is 14.4 Å². The van der Waals surface area contributed by atoms with Crippen LogP contribution in [0.5, 0.6) is 0 Å². The first-order valence-electron chi connectivity index (χ1n) is 11.1. The van der Waals surface area contributed by atoms with E-state index in [2.05, 4.69) is 52.2 Å². The van der Waals surface area contributed by atoms with Crippen LogP contribution < -0.4 is 10.2 Å². The average Bonchev–Trinajstić information content (AvgIpc) is 3.25. The van der Waals surface area contributed by atoms with E-state index in [0.717, 1.165) is 41.2 Å². The predicted molar refractivity (Wildman–Crippen MR) is 124 cm³/mol. The summed E-state index contributed by atoms with van der Waals surface area (Å²) in [5.74, 6) is 1.05. The van der Waals surface area contributed by atoms with Gasteiger partial charge in [0.15, 0.2) is 5.82 Å². The number of anilines is 2. The number of nitrogens with one attached hydrogen (secondary N) is 1. The van der Waals surface area contributed by atoms with E-state index >= 15 is 0 Å². The molecule has 33 heavy (non-hydrogen) atoms. The number of ether oxygens (including phenoxy) is 1. The van der Waals surface area contributed by atoms with Crippen LogP contribution in [0.1, 0.15) is 32.3 Å². The van der Waals surface area contributed by atoms with Gasteiger partial charge in [0.25, 0.3) is 0 Å². The zero-order valence-electron chi connectivity index (χ0n) is 19.0. The molecule has 0 saturated carbocycles. The van der Waals surface area contributed by atoms with Crippen LogP contribution in [0.3, 0.4) is 0 Å². The Morgan fingerprint density at radius 1 is 1.09 bits per heavy atom. The zero-order valence-corrected chi connectivity index (χ0v) is 19.0. The first-order chi connectivity index (χ1) is 15.9. The van der Waals surface area contributed by atoms with Crippen molar-refractivity contribution in [2.45, 2.75) is 32.6 Å². The van der Waals surface area contributed by atoms with E-state index in [-0.39, 0.29) is 11.2 Å². The van der Waals surface area contributed by atoms with E-state index in [4.69, 9.17) is 14.8 Å². The average molecular weight is 451 g/mol. The molecule has 0 atom stereocenters. The van der Waals surface area contributed by atoms with Crippen LogP contribution in [0.2, 0.25) is 0 Å². The van der Waals surface area contributed by atoms with E-state index in [1.165, 1.54) is 12.3 Å². The summed E-state index contributed by atoms with van der Waals surface area (Å²) in [5, 5.41) is 18.0. The number of morpholine rings is 1. The Bertz CT molecular complexity index is 1280. The molecule has 0 bridgehead atoms. The second-order valence-electron chi connectivity index (χ2n) is 9.18. The molecule has 0 unspecified atom stereocenters. The highest BCUT2D eigenvalue weighted by molar-refractivity contribution is 5.93. The smallest absolute Gasteiger partial charge is 0.204 e. The maximum Gasteiger partial charge on any atom is 0.204 e. The van der Waals surface area contributed by atoms with Gasteiger partial charge in [-0.15, -0.1) is 10.2 Å². The van der Waals surface area contributed by atoms with Crippen molar-refractivity contribution in [3.05, 3.63) is 47.9 Å². The normalized spacial score (nSPS) is 14.8. The molecule has 4 aromatic rings. The molecule has 5 heterocycles. The molecule has 1 fully saturated rings. The third-order valence-corrected chi connectivity index (χ3v) is 5.70. The minimum absolute atomic E-state index is 0.221. The van der Waals surface area contributed by atoms with Gasteiger partial charge < -0.3 is 15.0 Å². The van der Waals surface area contributed by atoms with Crippen molar-refractivity contribution >= 4 is 28.1 Å². The topological polar surface area (TPSA) is 93.4 Å². The molecule has 0 amide bonds. The summed E-state index contributed by atoms with van der Waals surface area (Å²) in [6.45, 7) is 9.92. The quantitative estimate of drug-likeness (QED) is 0.496. The lowest BCUT2D eigenvalue weighted by Gasteiger charge is -2.28. The Morgan fingerprint density at radius 2 is 1.91 bits per heavy atom. The van der Waals surface area contributed by atoms with Crippen LogP contribution in [0.15, 0.2) is 30.6 Å². The maximum absolute atomic E-state index is 13.2. The molecule has 4 aromatic heterocycles. The summed E-state index contributed by atoms with van der Waals surface area (Å²) in [5.41, 5.74) is 3.14. The lowest BCUT2D eigenvalue weighted by Crippen LogP contribution is -2.36. The van der Waals surface area contributed by atoms with Crippen molar-refractivity contribution in [2.24, 2.45) is 0 Å². The third-order valence-electron chi connectivity index (χ3n) is 5.70. The highest BCUT2D eigenvalue weighted by Gasteiger charge is 2.24. The Kier molecular flexibility index (Phi) is 5.53. The summed E-state index contributed by atoms with van der Waals surface area (Å²) in [7, 11) is 0. The summed E-state index contributed by atoms with van der Waals surface area (Å²) in [6.07, 6.45) is 3.72. The van der Waals surface area contributed by atoms with E-state index in [0.29, 0.717) is 37.6 Å². The van der Waals surface area contributed by atoms with Crippen LogP contribution in [-0.4, -0.2) is 62.6 Å². The number of pyridine rings is 2. The van der Waals surface area contributed by atoms with Gasteiger partial charge in [0, 0.05) is 36.9 Å². The van der Waals surface area contributed by atoms with Gasteiger partial charge in [-0.2, -0.15) is 9.61 Å². The van der Waals surface area contributed by atoms with Gasteiger partial charge in [-0.1, -0.05) is 20.8 Å². The third kappa shape index (κ3) is 4.30. The highest BCUT2D eigenvalue weighted by Crippen LogP contribution is 2.28. The fourth-order valence-electron chi connectivity index (χ4n) is 3.98. The number of halogens is 1. The standard InChI is InChI=1S/C23H27FN8O/c1-23(2,3)22-29-28-21-20-17(12-16(14-27-20)31-8-10-33-11-9-31)18(30-32(21)22)6-7-25-19-5-4-15(24)13-26-19/h4-5,12-14H,6-11H2,1-3H3,(H,25,26). The summed E-state index contributed by atoms with van der Waals surface area (Å²) in [4.78, 5) is 11.1. The van der Waals surface area contributed by atoms with Crippen molar-refractivity contribution in [2.75, 3.05) is 43.1 Å². The molecule has 10 heteroatoms. The number of aromatic nitrogens is 6. The fourth-order valence-corrected chi connectivity index (χ4v) is 3.98. The van der Waals surface area contributed by atoms with Crippen molar-refractivity contribution < 1.29 is 9.13 Å². The number of nitrogens with zero attached hydrogens (tertiary/aromatic N) is 7. The van der Waals surface area contributed by atoms with Crippen molar-refractivity contribution in [1.29, 1.82) is 0 Å². The summed E-state index contributed by atoms with van der Waals surface area (Å²) >= 11 is 0. The van der Waals surface area contributed by atoms with E-state index in [1.54, 1.807) is 6.07 Å². The summed E-state index contributed by atoms with van der Waals surface area (Å²) < 4.78 is 20.5. The monoisotopic (exact) mass is 450 g/mol. The maximum atomic E-state index is 13.2. The minimum atomic E-state index is -0.359. The first kappa shape index (κ1) is 21.4. The molecule has 0 aliphatic carbocycles. The Hall–Kier alpha value is -3.40.